The van der Waals surface area contributed by atoms with Crippen LogP contribution in [0.2, 0.25) is 0 Å². The van der Waals surface area contributed by atoms with Gasteiger partial charge in [0, 0.05) is 12.6 Å². The molecule has 0 radical (unpaired) electrons. The van der Waals surface area contributed by atoms with E-state index in [1.165, 1.54) is 12.8 Å². The van der Waals surface area contributed by atoms with Crippen LogP contribution in [0, 0.1) is 0 Å². The van der Waals surface area contributed by atoms with Crippen molar-refractivity contribution in [2.75, 3.05) is 32.9 Å². The van der Waals surface area contributed by atoms with Crippen molar-refractivity contribution >= 4 is 12.4 Å². The van der Waals surface area contributed by atoms with Crippen molar-refractivity contribution in [1.82, 2.24) is 5.32 Å². The fourth-order valence-corrected chi connectivity index (χ4v) is 1.78. The molecule has 2 rings (SSSR count). The summed E-state index contributed by atoms with van der Waals surface area (Å²) in [6.45, 7) is 6.01. The highest BCUT2D eigenvalue weighted by atomic mass is 35.5. The van der Waals surface area contributed by atoms with E-state index in [0.29, 0.717) is 19.8 Å². The van der Waals surface area contributed by atoms with Gasteiger partial charge in [0.1, 0.15) is 25.6 Å². The summed E-state index contributed by atoms with van der Waals surface area (Å²) in [6.07, 6.45) is 2.43. The first-order valence-corrected chi connectivity index (χ1v) is 6.63. The number of halogens is 1. The highest BCUT2D eigenvalue weighted by Crippen LogP contribution is 2.33. The topological polar surface area (TPSA) is 39.7 Å². The van der Waals surface area contributed by atoms with Gasteiger partial charge in [-0.3, -0.25) is 0 Å². The Kier molecular flexibility index (Phi) is 7.45. The fourth-order valence-electron chi connectivity index (χ4n) is 1.78. The third-order valence-electron chi connectivity index (χ3n) is 2.77. The zero-order valence-electron chi connectivity index (χ0n) is 11.3. The van der Waals surface area contributed by atoms with Crippen molar-refractivity contribution in [3.63, 3.8) is 0 Å². The minimum Gasteiger partial charge on any atom is -0.492 e. The molecule has 1 N–H and O–H groups in total. The molecule has 0 amide bonds. The second-order valence-electron chi connectivity index (χ2n) is 4.26. The molecule has 0 aromatic heterocycles. The summed E-state index contributed by atoms with van der Waals surface area (Å²) in [5, 5.41) is 3.34. The summed E-state index contributed by atoms with van der Waals surface area (Å²) in [4.78, 5) is 0. The Morgan fingerprint density at radius 2 is 1.95 bits per heavy atom. The zero-order valence-corrected chi connectivity index (χ0v) is 12.1. The van der Waals surface area contributed by atoms with Crippen LogP contribution in [0.15, 0.2) is 18.2 Å². The van der Waals surface area contributed by atoms with E-state index < -0.39 is 0 Å². The maximum atomic E-state index is 5.65. The Morgan fingerprint density at radius 3 is 2.74 bits per heavy atom. The van der Waals surface area contributed by atoms with Gasteiger partial charge in [0.2, 0.25) is 0 Å². The van der Waals surface area contributed by atoms with E-state index in [2.05, 4.69) is 12.2 Å². The molecule has 1 aliphatic rings. The fraction of sp³-hybridized carbons (Fsp3) is 0.571. The van der Waals surface area contributed by atoms with Gasteiger partial charge in [0.05, 0.1) is 0 Å². The van der Waals surface area contributed by atoms with E-state index in [1.54, 1.807) is 0 Å². The SMILES string of the molecule is CCCCNCCOc1ccc2c(c1)OCCO2.Cl. The second kappa shape index (κ2) is 8.88. The van der Waals surface area contributed by atoms with E-state index in [1.807, 2.05) is 18.2 Å². The molecule has 0 aliphatic carbocycles. The van der Waals surface area contributed by atoms with Gasteiger partial charge >= 0.3 is 0 Å². The molecular weight excluding hydrogens is 266 g/mol. The first kappa shape index (κ1) is 15.9. The average Bonchev–Trinajstić information content (AvgIpc) is 2.42. The van der Waals surface area contributed by atoms with Crippen LogP contribution in [0.5, 0.6) is 17.2 Å². The summed E-state index contributed by atoms with van der Waals surface area (Å²) in [6, 6.07) is 5.70. The monoisotopic (exact) mass is 287 g/mol. The summed E-state index contributed by atoms with van der Waals surface area (Å²) in [7, 11) is 0. The first-order chi connectivity index (χ1) is 8.90. The van der Waals surface area contributed by atoms with Crippen LogP contribution >= 0.6 is 12.4 Å². The molecule has 0 saturated carbocycles. The lowest BCUT2D eigenvalue weighted by Gasteiger charge is -2.18. The van der Waals surface area contributed by atoms with Crippen molar-refractivity contribution < 1.29 is 14.2 Å². The third kappa shape index (κ3) is 5.17. The van der Waals surface area contributed by atoms with E-state index in [9.17, 15) is 0 Å². The normalized spacial score (nSPS) is 12.7. The standard InChI is InChI=1S/C14H21NO3.ClH/c1-2-3-6-15-7-8-16-12-4-5-13-14(11-12)18-10-9-17-13;/h4-5,11,15H,2-3,6-10H2,1H3;1H. The van der Waals surface area contributed by atoms with Gasteiger partial charge in [0.15, 0.2) is 11.5 Å². The highest BCUT2D eigenvalue weighted by Gasteiger charge is 2.11. The molecule has 19 heavy (non-hydrogen) atoms. The van der Waals surface area contributed by atoms with Crippen LogP contribution < -0.4 is 19.5 Å². The van der Waals surface area contributed by atoms with E-state index in [0.717, 1.165) is 30.3 Å². The molecular formula is C14H22ClNO3. The first-order valence-electron chi connectivity index (χ1n) is 6.63. The van der Waals surface area contributed by atoms with Gasteiger partial charge in [-0.2, -0.15) is 0 Å². The van der Waals surface area contributed by atoms with Crippen molar-refractivity contribution in [3.8, 4) is 17.2 Å². The molecule has 4 nitrogen and oxygen atoms in total. The summed E-state index contributed by atoms with van der Waals surface area (Å²) in [5.41, 5.74) is 0. The van der Waals surface area contributed by atoms with E-state index >= 15 is 0 Å². The molecule has 0 fully saturated rings. The smallest absolute Gasteiger partial charge is 0.165 e. The van der Waals surface area contributed by atoms with Gasteiger partial charge in [0.25, 0.3) is 0 Å². The Balaban J connectivity index is 0.00000180. The number of fused-ring (bicyclic) bond motifs is 1. The molecule has 0 spiro atoms. The molecule has 1 aliphatic heterocycles. The van der Waals surface area contributed by atoms with E-state index in [-0.39, 0.29) is 12.4 Å². The van der Waals surface area contributed by atoms with Crippen LogP contribution in [0.1, 0.15) is 19.8 Å². The van der Waals surface area contributed by atoms with Gasteiger partial charge in [-0.05, 0) is 25.1 Å². The van der Waals surface area contributed by atoms with Crippen LogP contribution in [0.4, 0.5) is 0 Å². The van der Waals surface area contributed by atoms with Gasteiger partial charge in [-0.1, -0.05) is 13.3 Å². The molecule has 0 saturated heterocycles. The number of unbranched alkanes of at least 4 members (excludes halogenated alkanes) is 1. The summed E-state index contributed by atoms with van der Waals surface area (Å²) >= 11 is 0. The minimum atomic E-state index is 0. The molecule has 0 atom stereocenters. The summed E-state index contributed by atoms with van der Waals surface area (Å²) in [5.74, 6) is 2.41. The lowest BCUT2D eigenvalue weighted by molar-refractivity contribution is 0.170. The van der Waals surface area contributed by atoms with Gasteiger partial charge in [-0.15, -0.1) is 12.4 Å². The van der Waals surface area contributed by atoms with Crippen LogP contribution in [0.25, 0.3) is 0 Å². The Hall–Kier alpha value is -1.13. The number of nitrogens with one attached hydrogen (secondary N) is 1. The molecule has 0 unspecified atom stereocenters. The van der Waals surface area contributed by atoms with Crippen LogP contribution in [-0.4, -0.2) is 32.9 Å². The largest absolute Gasteiger partial charge is 0.492 e. The Morgan fingerprint density at radius 1 is 1.16 bits per heavy atom. The predicted octanol–water partition coefficient (Wildman–Crippen LogP) is 2.65. The van der Waals surface area contributed by atoms with Crippen molar-refractivity contribution in [1.29, 1.82) is 0 Å². The number of rotatable bonds is 7. The molecule has 108 valence electrons. The second-order valence-corrected chi connectivity index (χ2v) is 4.26. The highest BCUT2D eigenvalue weighted by molar-refractivity contribution is 5.85. The number of ether oxygens (including phenoxy) is 3. The third-order valence-corrected chi connectivity index (χ3v) is 2.77. The van der Waals surface area contributed by atoms with Crippen molar-refractivity contribution in [2.24, 2.45) is 0 Å². The van der Waals surface area contributed by atoms with Crippen molar-refractivity contribution in [3.05, 3.63) is 18.2 Å². The van der Waals surface area contributed by atoms with Crippen molar-refractivity contribution in [2.45, 2.75) is 19.8 Å². The lowest BCUT2D eigenvalue weighted by atomic mass is 10.3. The summed E-state index contributed by atoms with van der Waals surface area (Å²) < 4.78 is 16.6. The number of hydrogen-bond donors (Lipinski definition) is 1. The average molecular weight is 288 g/mol. The quantitative estimate of drug-likeness (QED) is 0.783. The molecule has 1 heterocycles. The van der Waals surface area contributed by atoms with Crippen LogP contribution in [-0.2, 0) is 0 Å². The Labute approximate surface area is 120 Å². The zero-order chi connectivity index (χ0) is 12.6. The van der Waals surface area contributed by atoms with Gasteiger partial charge in [-0.25, -0.2) is 0 Å². The molecule has 1 aromatic rings. The van der Waals surface area contributed by atoms with E-state index in [4.69, 9.17) is 14.2 Å². The Bertz CT molecular complexity index is 374. The number of hydrogen-bond acceptors (Lipinski definition) is 4. The minimum absolute atomic E-state index is 0. The maximum absolute atomic E-state index is 5.65. The van der Waals surface area contributed by atoms with Gasteiger partial charge < -0.3 is 19.5 Å². The number of benzene rings is 1. The molecule has 5 heteroatoms. The van der Waals surface area contributed by atoms with Crippen LogP contribution in [0.3, 0.4) is 0 Å². The molecule has 1 aromatic carbocycles. The maximum Gasteiger partial charge on any atom is 0.165 e. The lowest BCUT2D eigenvalue weighted by Crippen LogP contribution is -2.22. The molecule has 0 bridgehead atoms. The predicted molar refractivity (Wildman–Crippen MR) is 78.0 cm³/mol.